The summed E-state index contributed by atoms with van der Waals surface area (Å²) in [6.45, 7) is 12.4. The highest BCUT2D eigenvalue weighted by Crippen LogP contribution is 2.35. The van der Waals surface area contributed by atoms with Gasteiger partial charge < -0.3 is 15.1 Å². The molecule has 1 saturated carbocycles. The van der Waals surface area contributed by atoms with Crippen LogP contribution in [-0.4, -0.2) is 72.7 Å². The highest BCUT2D eigenvalue weighted by molar-refractivity contribution is 7.99. The smallest absolute Gasteiger partial charge is 0.0148 e. The standard InChI is InChI=1S/C17H33N3S/c1-14(2)20-12-15-4-3-5-16(13-20)17(15)18-6-7-19-8-10-21-11-9-19/h14-18H,3-13H2,1-2H3. The fourth-order valence-corrected chi connectivity index (χ4v) is 5.42. The molecule has 3 rings (SSSR count). The van der Waals surface area contributed by atoms with Gasteiger partial charge in [-0.2, -0.15) is 11.8 Å². The number of nitrogens with one attached hydrogen (secondary N) is 1. The van der Waals surface area contributed by atoms with Gasteiger partial charge in [0.1, 0.15) is 0 Å². The summed E-state index contributed by atoms with van der Waals surface area (Å²) in [4.78, 5) is 5.36. The SMILES string of the molecule is CC(C)N1CC2CCCC(C1)C2NCCN1CCSCC1. The molecule has 2 atom stereocenters. The molecule has 0 aromatic heterocycles. The van der Waals surface area contributed by atoms with Crippen molar-refractivity contribution in [1.29, 1.82) is 0 Å². The summed E-state index contributed by atoms with van der Waals surface area (Å²) < 4.78 is 0. The van der Waals surface area contributed by atoms with E-state index in [9.17, 15) is 0 Å². The molecule has 2 saturated heterocycles. The molecule has 1 aliphatic carbocycles. The van der Waals surface area contributed by atoms with Gasteiger partial charge in [0.25, 0.3) is 0 Å². The van der Waals surface area contributed by atoms with Gasteiger partial charge in [-0.05, 0) is 38.5 Å². The minimum Gasteiger partial charge on any atom is -0.312 e. The van der Waals surface area contributed by atoms with Crippen molar-refractivity contribution in [2.45, 2.75) is 45.2 Å². The number of rotatable bonds is 5. The largest absolute Gasteiger partial charge is 0.312 e. The maximum atomic E-state index is 3.96. The van der Waals surface area contributed by atoms with Crippen LogP contribution in [0.1, 0.15) is 33.1 Å². The molecule has 122 valence electrons. The molecule has 3 aliphatic rings. The minimum atomic E-state index is 0.722. The zero-order chi connectivity index (χ0) is 14.7. The van der Waals surface area contributed by atoms with Gasteiger partial charge in [-0.25, -0.2) is 0 Å². The van der Waals surface area contributed by atoms with Crippen molar-refractivity contribution in [3.05, 3.63) is 0 Å². The van der Waals surface area contributed by atoms with Crippen LogP contribution in [0.5, 0.6) is 0 Å². The highest BCUT2D eigenvalue weighted by Gasteiger charge is 2.39. The third kappa shape index (κ3) is 4.15. The normalized spacial score (nSPS) is 35.3. The fourth-order valence-electron chi connectivity index (χ4n) is 4.44. The van der Waals surface area contributed by atoms with Crippen molar-refractivity contribution >= 4 is 11.8 Å². The Morgan fingerprint density at radius 1 is 1.10 bits per heavy atom. The Hall–Kier alpha value is 0.230. The second kappa shape index (κ2) is 7.67. The van der Waals surface area contributed by atoms with E-state index in [1.54, 1.807) is 0 Å². The van der Waals surface area contributed by atoms with Gasteiger partial charge in [-0.3, -0.25) is 0 Å². The van der Waals surface area contributed by atoms with Crippen molar-refractivity contribution in [2.24, 2.45) is 11.8 Å². The van der Waals surface area contributed by atoms with E-state index in [4.69, 9.17) is 0 Å². The van der Waals surface area contributed by atoms with Crippen LogP contribution in [0.25, 0.3) is 0 Å². The molecule has 2 bridgehead atoms. The van der Waals surface area contributed by atoms with Crippen molar-refractivity contribution in [2.75, 3.05) is 50.8 Å². The zero-order valence-corrected chi connectivity index (χ0v) is 14.7. The number of likely N-dealkylation sites (tertiary alicyclic amines) is 1. The van der Waals surface area contributed by atoms with Gasteiger partial charge in [0.05, 0.1) is 0 Å². The number of hydrogen-bond acceptors (Lipinski definition) is 4. The lowest BCUT2D eigenvalue weighted by atomic mass is 9.73. The predicted molar refractivity (Wildman–Crippen MR) is 93.1 cm³/mol. The van der Waals surface area contributed by atoms with Crippen LogP contribution in [0.4, 0.5) is 0 Å². The second-order valence-corrected chi connectivity index (χ2v) is 8.66. The molecule has 2 unspecified atom stereocenters. The molecule has 1 N–H and O–H groups in total. The van der Waals surface area contributed by atoms with Crippen LogP contribution in [0.3, 0.4) is 0 Å². The van der Waals surface area contributed by atoms with Crippen molar-refractivity contribution in [1.82, 2.24) is 15.1 Å². The van der Waals surface area contributed by atoms with E-state index in [0.717, 1.165) is 23.9 Å². The molecule has 0 radical (unpaired) electrons. The Kier molecular flexibility index (Phi) is 5.88. The predicted octanol–water partition coefficient (Wildman–Crippen LogP) is 2.13. The summed E-state index contributed by atoms with van der Waals surface area (Å²) in [6, 6.07) is 1.52. The van der Waals surface area contributed by atoms with Gasteiger partial charge in [-0.1, -0.05) is 6.42 Å². The summed E-state index contributed by atoms with van der Waals surface area (Å²) in [7, 11) is 0. The van der Waals surface area contributed by atoms with Crippen LogP contribution < -0.4 is 5.32 Å². The van der Waals surface area contributed by atoms with Gasteiger partial charge in [0, 0.05) is 62.9 Å². The molecule has 0 spiro atoms. The van der Waals surface area contributed by atoms with E-state index < -0.39 is 0 Å². The van der Waals surface area contributed by atoms with Crippen LogP contribution >= 0.6 is 11.8 Å². The fraction of sp³-hybridized carbons (Fsp3) is 1.00. The van der Waals surface area contributed by atoms with Gasteiger partial charge in [0.2, 0.25) is 0 Å². The molecule has 0 aromatic carbocycles. The summed E-state index contributed by atoms with van der Waals surface area (Å²) in [5, 5.41) is 3.96. The third-order valence-corrected chi connectivity index (χ3v) is 6.69. The number of hydrogen-bond donors (Lipinski definition) is 1. The highest BCUT2D eigenvalue weighted by atomic mass is 32.2. The molecule has 2 aliphatic heterocycles. The molecule has 3 fully saturated rings. The first-order valence-electron chi connectivity index (χ1n) is 9.01. The average Bonchev–Trinajstić information content (AvgIpc) is 2.47. The molecule has 0 amide bonds. The molecule has 4 heteroatoms. The number of thioether (sulfide) groups is 1. The average molecular weight is 312 g/mol. The van der Waals surface area contributed by atoms with Gasteiger partial charge in [-0.15, -0.1) is 0 Å². The maximum absolute atomic E-state index is 3.96. The topological polar surface area (TPSA) is 18.5 Å². The number of piperidine rings is 1. The van der Waals surface area contributed by atoms with Gasteiger partial charge in [0.15, 0.2) is 0 Å². The molecule has 0 aromatic rings. The lowest BCUT2D eigenvalue weighted by Gasteiger charge is -2.49. The van der Waals surface area contributed by atoms with E-state index in [-0.39, 0.29) is 0 Å². The Labute approximate surface area is 135 Å². The quantitative estimate of drug-likeness (QED) is 0.838. The summed E-state index contributed by atoms with van der Waals surface area (Å²) in [5.74, 6) is 4.46. The van der Waals surface area contributed by atoms with Crippen molar-refractivity contribution < 1.29 is 0 Å². The zero-order valence-electron chi connectivity index (χ0n) is 13.9. The lowest BCUT2D eigenvalue weighted by Crippen LogP contribution is -2.59. The summed E-state index contributed by atoms with van der Waals surface area (Å²) in [6.07, 6.45) is 4.35. The summed E-state index contributed by atoms with van der Waals surface area (Å²) in [5.41, 5.74) is 0. The van der Waals surface area contributed by atoms with Crippen molar-refractivity contribution in [3.63, 3.8) is 0 Å². The molecule has 3 nitrogen and oxygen atoms in total. The van der Waals surface area contributed by atoms with Crippen LogP contribution in [0.15, 0.2) is 0 Å². The van der Waals surface area contributed by atoms with Crippen LogP contribution in [0, 0.1) is 11.8 Å². The summed E-state index contributed by atoms with van der Waals surface area (Å²) >= 11 is 2.11. The first-order chi connectivity index (χ1) is 10.2. The monoisotopic (exact) mass is 311 g/mol. The Bertz CT molecular complexity index is 303. The molecular weight excluding hydrogens is 278 g/mol. The van der Waals surface area contributed by atoms with Crippen LogP contribution in [0.2, 0.25) is 0 Å². The maximum Gasteiger partial charge on any atom is 0.0148 e. The van der Waals surface area contributed by atoms with E-state index in [2.05, 4.69) is 40.7 Å². The Balaban J connectivity index is 1.46. The molecule has 21 heavy (non-hydrogen) atoms. The Morgan fingerprint density at radius 2 is 1.76 bits per heavy atom. The van der Waals surface area contributed by atoms with Crippen molar-refractivity contribution in [3.8, 4) is 0 Å². The number of fused-ring (bicyclic) bond motifs is 2. The van der Waals surface area contributed by atoms with Crippen LogP contribution in [-0.2, 0) is 0 Å². The molecular formula is C17H33N3S. The first kappa shape index (κ1) is 16.1. The van der Waals surface area contributed by atoms with E-state index in [1.807, 2.05) is 0 Å². The Morgan fingerprint density at radius 3 is 2.38 bits per heavy atom. The second-order valence-electron chi connectivity index (χ2n) is 7.43. The minimum absolute atomic E-state index is 0.722. The van der Waals surface area contributed by atoms with E-state index in [1.165, 1.54) is 70.0 Å². The molecule has 2 heterocycles. The van der Waals surface area contributed by atoms with E-state index in [0.29, 0.717) is 0 Å². The lowest BCUT2D eigenvalue weighted by molar-refractivity contribution is 0.0289. The first-order valence-corrected chi connectivity index (χ1v) is 10.2. The third-order valence-electron chi connectivity index (χ3n) is 5.75. The number of nitrogens with zero attached hydrogens (tertiary/aromatic N) is 2. The van der Waals surface area contributed by atoms with E-state index >= 15 is 0 Å². The van der Waals surface area contributed by atoms with Gasteiger partial charge >= 0.3 is 0 Å².